The number of piperazine rings is 1. The van der Waals surface area contributed by atoms with E-state index in [0.29, 0.717) is 48.3 Å². The van der Waals surface area contributed by atoms with Crippen molar-refractivity contribution in [2.75, 3.05) is 38.1 Å². The predicted octanol–water partition coefficient (Wildman–Crippen LogP) is 2.70. The number of carbonyl (C=O) groups is 3. The Hall–Kier alpha value is -4.00. The number of hydrogen-bond donors (Lipinski definition) is 2. The summed E-state index contributed by atoms with van der Waals surface area (Å²) in [5.41, 5.74) is -0.809. The van der Waals surface area contributed by atoms with Gasteiger partial charge in [-0.05, 0) is 50.6 Å². The number of fused-ring (bicyclic) bond motifs is 1. The van der Waals surface area contributed by atoms with Crippen LogP contribution in [0.1, 0.15) is 35.6 Å². The number of carbonyl (C=O) groups excluding carboxylic acids is 3. The molecule has 2 N–H and O–H groups in total. The second-order valence-electron chi connectivity index (χ2n) is 10.1. The molecule has 3 amide bonds. The van der Waals surface area contributed by atoms with Gasteiger partial charge in [-0.25, -0.2) is 4.98 Å². The number of hydrogen-bond acceptors (Lipinski definition) is 6. The molecule has 0 bridgehead atoms. The van der Waals surface area contributed by atoms with E-state index in [1.807, 2.05) is 0 Å². The van der Waals surface area contributed by atoms with Gasteiger partial charge < -0.3 is 20.2 Å². The van der Waals surface area contributed by atoms with E-state index in [1.54, 1.807) is 48.9 Å². The first kappa shape index (κ1) is 28.0. The Balaban J connectivity index is 1.41. The van der Waals surface area contributed by atoms with Crippen LogP contribution in [0.3, 0.4) is 0 Å². The highest BCUT2D eigenvalue weighted by Crippen LogP contribution is 2.28. The number of alkyl halides is 3. The average molecular weight is 547 g/mol. The van der Waals surface area contributed by atoms with Crippen molar-refractivity contribution in [1.82, 2.24) is 24.6 Å². The number of nitrogens with one attached hydrogen (secondary N) is 1. The minimum atomic E-state index is -4.67. The number of aliphatic hydroxyl groups excluding tert-OH is 1. The maximum atomic E-state index is 13.0. The molecule has 4 rings (SSSR count). The molecule has 3 aromatic rings. The molecule has 0 unspecified atom stereocenters. The minimum absolute atomic E-state index is 0.0281. The summed E-state index contributed by atoms with van der Waals surface area (Å²) in [6.45, 7) is 6.27. The fourth-order valence-electron chi connectivity index (χ4n) is 4.24. The topological polar surface area (TPSA) is 121 Å². The van der Waals surface area contributed by atoms with E-state index in [1.165, 1.54) is 10.7 Å². The van der Waals surface area contributed by atoms with Crippen LogP contribution in [-0.2, 0) is 22.3 Å². The Kier molecular flexibility index (Phi) is 7.64. The molecule has 1 saturated heterocycles. The van der Waals surface area contributed by atoms with Gasteiger partial charge >= 0.3 is 6.18 Å². The lowest BCUT2D eigenvalue weighted by atomic mass is 9.92. The van der Waals surface area contributed by atoms with Crippen LogP contribution in [0.25, 0.3) is 10.9 Å². The molecule has 3 heterocycles. The molecule has 0 aliphatic carbocycles. The fraction of sp³-hybridized carbons (Fsp3) is 0.423. The van der Waals surface area contributed by atoms with E-state index in [-0.39, 0.29) is 30.7 Å². The van der Waals surface area contributed by atoms with E-state index in [2.05, 4.69) is 15.4 Å². The molecule has 0 saturated carbocycles. The van der Waals surface area contributed by atoms with Gasteiger partial charge in [-0.15, -0.1) is 0 Å². The van der Waals surface area contributed by atoms with Gasteiger partial charge in [-0.1, -0.05) is 6.07 Å². The van der Waals surface area contributed by atoms with Gasteiger partial charge in [0.1, 0.15) is 17.9 Å². The fourth-order valence-corrected chi connectivity index (χ4v) is 4.24. The lowest BCUT2D eigenvalue weighted by molar-refractivity contribution is -0.147. The third-order valence-corrected chi connectivity index (χ3v) is 6.61. The van der Waals surface area contributed by atoms with E-state index in [0.717, 1.165) is 12.1 Å². The molecule has 0 spiro atoms. The Bertz CT molecular complexity index is 1410. The molecule has 1 fully saturated rings. The van der Waals surface area contributed by atoms with Gasteiger partial charge in [0.2, 0.25) is 11.8 Å². The quantitative estimate of drug-likeness (QED) is 0.491. The Labute approximate surface area is 222 Å². The van der Waals surface area contributed by atoms with Crippen molar-refractivity contribution in [2.45, 2.75) is 33.5 Å². The minimum Gasteiger partial charge on any atom is -0.395 e. The second-order valence-corrected chi connectivity index (χ2v) is 10.1. The summed E-state index contributed by atoms with van der Waals surface area (Å²) in [7, 11) is 0. The average Bonchev–Trinajstić information content (AvgIpc) is 3.28. The number of aryl methyl sites for hydroxylation is 1. The molecule has 13 heteroatoms. The van der Waals surface area contributed by atoms with Crippen LogP contribution in [0.2, 0.25) is 0 Å². The maximum Gasteiger partial charge on any atom is 0.433 e. The molecule has 2 aromatic heterocycles. The van der Waals surface area contributed by atoms with Gasteiger partial charge in [0, 0.05) is 43.4 Å². The molecular weight excluding hydrogens is 517 g/mol. The lowest BCUT2D eigenvalue weighted by Crippen LogP contribution is -2.54. The van der Waals surface area contributed by atoms with Crippen LogP contribution in [0.4, 0.5) is 18.9 Å². The summed E-state index contributed by atoms with van der Waals surface area (Å²) in [4.78, 5) is 44.7. The van der Waals surface area contributed by atoms with E-state index >= 15 is 0 Å². The normalized spacial score (nSPS) is 14.5. The summed E-state index contributed by atoms with van der Waals surface area (Å²) in [5, 5.41) is 17.1. The second kappa shape index (κ2) is 10.6. The molecule has 0 radical (unpaired) electrons. The van der Waals surface area contributed by atoms with Crippen molar-refractivity contribution in [3.8, 4) is 0 Å². The molecule has 0 atom stereocenters. The Morgan fingerprint density at radius 3 is 2.36 bits per heavy atom. The van der Waals surface area contributed by atoms with Gasteiger partial charge in [-0.3, -0.25) is 19.1 Å². The van der Waals surface area contributed by atoms with Crippen molar-refractivity contribution < 1.29 is 32.7 Å². The first-order valence-electron chi connectivity index (χ1n) is 12.3. The van der Waals surface area contributed by atoms with Crippen molar-refractivity contribution in [1.29, 1.82) is 0 Å². The highest BCUT2D eigenvalue weighted by molar-refractivity contribution is 6.04. The summed E-state index contributed by atoms with van der Waals surface area (Å²) in [6, 6.07) is 6.46. The number of nitrogens with zero attached hydrogens (tertiary/aromatic N) is 5. The smallest absolute Gasteiger partial charge is 0.395 e. The molecule has 1 aliphatic heterocycles. The van der Waals surface area contributed by atoms with Crippen LogP contribution in [0.5, 0.6) is 0 Å². The lowest BCUT2D eigenvalue weighted by Gasteiger charge is -2.38. The predicted molar refractivity (Wildman–Crippen MR) is 136 cm³/mol. The summed E-state index contributed by atoms with van der Waals surface area (Å²) in [5.74, 6) is -1.11. The van der Waals surface area contributed by atoms with Crippen LogP contribution < -0.4 is 5.32 Å². The van der Waals surface area contributed by atoms with Gasteiger partial charge in [0.25, 0.3) is 5.91 Å². The van der Waals surface area contributed by atoms with E-state index in [4.69, 9.17) is 0 Å². The molecular formula is C26H29F3N6O4. The number of benzene rings is 1. The summed E-state index contributed by atoms with van der Waals surface area (Å²) >= 11 is 0. The molecule has 208 valence electrons. The van der Waals surface area contributed by atoms with Crippen LogP contribution in [-0.4, -0.2) is 80.2 Å². The SMILES string of the molecule is Cc1cc2nn(CC(=O)N3CCN(C(=O)C(C)(C)CO)CC3)cc2cc1NC(=O)c1cccc(C(F)(F)F)n1. The zero-order chi connectivity index (χ0) is 28.5. The zero-order valence-corrected chi connectivity index (χ0v) is 21.7. The summed E-state index contributed by atoms with van der Waals surface area (Å²) < 4.78 is 40.4. The van der Waals surface area contributed by atoms with E-state index < -0.39 is 23.2 Å². The van der Waals surface area contributed by atoms with Crippen molar-refractivity contribution in [3.05, 3.63) is 53.5 Å². The van der Waals surface area contributed by atoms with Crippen molar-refractivity contribution in [3.63, 3.8) is 0 Å². The number of rotatable bonds is 6. The highest BCUT2D eigenvalue weighted by atomic mass is 19.4. The Morgan fingerprint density at radius 1 is 1.05 bits per heavy atom. The third kappa shape index (κ3) is 6.19. The number of amides is 3. The van der Waals surface area contributed by atoms with Gasteiger partial charge in [0.05, 0.1) is 17.5 Å². The molecule has 39 heavy (non-hydrogen) atoms. The van der Waals surface area contributed by atoms with Crippen molar-refractivity contribution >= 4 is 34.3 Å². The largest absolute Gasteiger partial charge is 0.433 e. The van der Waals surface area contributed by atoms with Crippen molar-refractivity contribution in [2.24, 2.45) is 5.41 Å². The molecule has 1 aromatic carbocycles. The molecule has 1 aliphatic rings. The highest BCUT2D eigenvalue weighted by Gasteiger charge is 2.34. The van der Waals surface area contributed by atoms with Crippen LogP contribution in [0, 0.1) is 12.3 Å². The number of aliphatic hydroxyl groups is 1. The maximum absolute atomic E-state index is 13.0. The first-order valence-corrected chi connectivity index (χ1v) is 12.3. The zero-order valence-electron chi connectivity index (χ0n) is 21.7. The number of halogens is 3. The Morgan fingerprint density at radius 2 is 1.72 bits per heavy atom. The first-order chi connectivity index (χ1) is 18.3. The van der Waals surface area contributed by atoms with Crippen LogP contribution >= 0.6 is 0 Å². The third-order valence-electron chi connectivity index (χ3n) is 6.61. The summed E-state index contributed by atoms with van der Waals surface area (Å²) in [6.07, 6.45) is -3.02. The monoisotopic (exact) mass is 546 g/mol. The van der Waals surface area contributed by atoms with E-state index in [9.17, 15) is 32.7 Å². The number of anilines is 1. The molecule has 10 nitrogen and oxygen atoms in total. The number of aromatic nitrogens is 3. The standard InChI is InChI=1S/C26H29F3N6O4/c1-16-11-20-17(12-19(16)31-23(38)18-5-4-6-21(30-18)26(27,28)29)13-35(32-20)14-22(37)33-7-9-34(10-8-33)24(39)25(2,3)15-36/h4-6,11-13,36H,7-10,14-15H2,1-3H3,(H,31,38). The van der Waals surface area contributed by atoms with Crippen LogP contribution in [0.15, 0.2) is 36.5 Å². The van der Waals surface area contributed by atoms with Gasteiger partial charge in [0.15, 0.2) is 0 Å². The number of pyridine rings is 1. The van der Waals surface area contributed by atoms with Gasteiger partial charge in [-0.2, -0.15) is 18.3 Å².